The molecule has 2 N–H and O–H groups in total. The van der Waals surface area contributed by atoms with E-state index in [1.165, 1.54) is 71.1 Å². The molecule has 2 fully saturated rings. The second-order valence-electron chi connectivity index (χ2n) is 7.99. The van der Waals surface area contributed by atoms with Gasteiger partial charge in [-0.05, 0) is 64.1 Å². The quantitative estimate of drug-likeness (QED) is 0.784. The maximum Gasteiger partial charge on any atom is 0.0331 e. The highest BCUT2D eigenvalue weighted by Crippen LogP contribution is 2.38. The number of nitrogens with zero attached hydrogens (tertiary/aromatic N) is 2. The smallest absolute Gasteiger partial charge is 0.0331 e. The first-order chi connectivity index (χ1) is 10.1. The summed E-state index contributed by atoms with van der Waals surface area (Å²) in [5.74, 6) is 1.70. The summed E-state index contributed by atoms with van der Waals surface area (Å²) in [5.41, 5.74) is 6.54. The lowest BCUT2D eigenvalue weighted by Crippen LogP contribution is -2.56. The molecule has 0 aromatic rings. The van der Waals surface area contributed by atoms with Crippen LogP contribution in [-0.4, -0.2) is 55.1 Å². The summed E-state index contributed by atoms with van der Waals surface area (Å²) >= 11 is 0. The molecule has 0 radical (unpaired) electrons. The van der Waals surface area contributed by atoms with E-state index in [1.807, 2.05) is 0 Å². The van der Waals surface area contributed by atoms with Crippen LogP contribution in [0.2, 0.25) is 0 Å². The first kappa shape index (κ1) is 17.2. The molecule has 3 heteroatoms. The normalized spacial score (nSPS) is 31.4. The van der Waals surface area contributed by atoms with E-state index in [9.17, 15) is 0 Å². The van der Waals surface area contributed by atoms with Gasteiger partial charge in [-0.2, -0.15) is 0 Å². The molecule has 1 aliphatic heterocycles. The van der Waals surface area contributed by atoms with E-state index in [0.29, 0.717) is 0 Å². The van der Waals surface area contributed by atoms with E-state index in [1.54, 1.807) is 0 Å². The molecule has 2 unspecified atom stereocenters. The van der Waals surface area contributed by atoms with Crippen molar-refractivity contribution in [3.63, 3.8) is 0 Å². The summed E-state index contributed by atoms with van der Waals surface area (Å²) in [7, 11) is 2.32. The van der Waals surface area contributed by atoms with Gasteiger partial charge in [-0.1, -0.05) is 26.7 Å². The Bertz CT molecular complexity index is 299. The van der Waals surface area contributed by atoms with Gasteiger partial charge in [0.1, 0.15) is 0 Å². The molecule has 0 bridgehead atoms. The molecule has 2 atom stereocenters. The Labute approximate surface area is 132 Å². The maximum atomic E-state index is 6.26. The summed E-state index contributed by atoms with van der Waals surface area (Å²) < 4.78 is 0. The van der Waals surface area contributed by atoms with E-state index in [-0.39, 0.29) is 5.54 Å². The largest absolute Gasteiger partial charge is 0.329 e. The first-order valence-electron chi connectivity index (χ1n) is 9.19. The molecule has 2 aliphatic rings. The van der Waals surface area contributed by atoms with Gasteiger partial charge in [0, 0.05) is 25.2 Å². The molecule has 3 nitrogen and oxygen atoms in total. The molecule has 0 aromatic heterocycles. The van der Waals surface area contributed by atoms with Crippen LogP contribution in [0.25, 0.3) is 0 Å². The second-order valence-corrected chi connectivity index (χ2v) is 7.99. The third kappa shape index (κ3) is 4.67. The number of hydrogen-bond donors (Lipinski definition) is 1. The summed E-state index contributed by atoms with van der Waals surface area (Å²) in [5, 5.41) is 0. The van der Waals surface area contributed by atoms with Crippen LogP contribution in [0.5, 0.6) is 0 Å². The van der Waals surface area contributed by atoms with Crippen LogP contribution < -0.4 is 5.73 Å². The predicted molar refractivity (Wildman–Crippen MR) is 91.5 cm³/mol. The van der Waals surface area contributed by atoms with Crippen LogP contribution in [0.15, 0.2) is 0 Å². The summed E-state index contributed by atoms with van der Waals surface area (Å²) in [4.78, 5) is 5.23. The Morgan fingerprint density at radius 3 is 2.57 bits per heavy atom. The highest BCUT2D eigenvalue weighted by Gasteiger charge is 2.38. The molecule has 0 aromatic carbocycles. The van der Waals surface area contributed by atoms with Crippen molar-refractivity contribution < 1.29 is 0 Å². The number of hydrogen-bond acceptors (Lipinski definition) is 3. The van der Waals surface area contributed by atoms with E-state index >= 15 is 0 Å². The Kier molecular flexibility index (Phi) is 6.51. The Morgan fingerprint density at radius 2 is 1.95 bits per heavy atom. The van der Waals surface area contributed by atoms with Crippen LogP contribution in [0.4, 0.5) is 0 Å². The fourth-order valence-electron chi connectivity index (χ4n) is 4.55. The standard InChI is InChI=1S/C18H37N3/c1-16(2)13-17-7-6-8-18(14-17,15-19)20(3)11-12-21-9-4-5-10-21/h16-17H,4-15,19H2,1-3H3. The molecule has 124 valence electrons. The lowest BCUT2D eigenvalue weighted by Gasteiger charge is -2.47. The minimum Gasteiger partial charge on any atom is -0.329 e. The lowest BCUT2D eigenvalue weighted by molar-refractivity contribution is 0.0461. The van der Waals surface area contributed by atoms with Crippen LogP contribution in [0.3, 0.4) is 0 Å². The summed E-state index contributed by atoms with van der Waals surface area (Å²) in [6.07, 6.45) is 9.56. The second kappa shape index (κ2) is 7.94. The number of likely N-dealkylation sites (N-methyl/N-ethyl adjacent to an activating group) is 1. The van der Waals surface area contributed by atoms with Crippen molar-refractivity contribution in [2.75, 3.05) is 39.8 Å². The van der Waals surface area contributed by atoms with Gasteiger partial charge in [-0.15, -0.1) is 0 Å². The van der Waals surface area contributed by atoms with Gasteiger partial charge in [0.15, 0.2) is 0 Å². The summed E-state index contributed by atoms with van der Waals surface area (Å²) in [6.45, 7) is 10.6. The van der Waals surface area contributed by atoms with Crippen LogP contribution >= 0.6 is 0 Å². The summed E-state index contributed by atoms with van der Waals surface area (Å²) in [6, 6.07) is 0. The fourth-order valence-corrected chi connectivity index (χ4v) is 4.55. The monoisotopic (exact) mass is 295 g/mol. The zero-order valence-electron chi connectivity index (χ0n) is 14.6. The Hall–Kier alpha value is -0.120. The molecule has 2 rings (SSSR count). The molecule has 0 spiro atoms. The van der Waals surface area contributed by atoms with Crippen LogP contribution in [0, 0.1) is 11.8 Å². The SMILES string of the molecule is CC(C)CC1CCCC(CN)(N(C)CCN2CCCC2)C1. The topological polar surface area (TPSA) is 32.5 Å². The molecule has 1 saturated heterocycles. The third-order valence-electron chi connectivity index (χ3n) is 5.87. The average molecular weight is 296 g/mol. The van der Waals surface area contributed by atoms with Crippen molar-refractivity contribution >= 4 is 0 Å². The zero-order chi connectivity index (χ0) is 15.3. The van der Waals surface area contributed by atoms with Gasteiger partial charge in [-0.25, -0.2) is 0 Å². The van der Waals surface area contributed by atoms with E-state index in [4.69, 9.17) is 5.73 Å². The van der Waals surface area contributed by atoms with Crippen molar-refractivity contribution in [1.82, 2.24) is 9.80 Å². The molecule has 1 heterocycles. The van der Waals surface area contributed by atoms with Crippen LogP contribution in [-0.2, 0) is 0 Å². The molecular formula is C18H37N3. The average Bonchev–Trinajstić information content (AvgIpc) is 2.97. The minimum absolute atomic E-state index is 0.275. The van der Waals surface area contributed by atoms with Gasteiger partial charge in [-0.3, -0.25) is 4.90 Å². The number of rotatable bonds is 7. The highest BCUT2D eigenvalue weighted by atomic mass is 15.2. The molecular weight excluding hydrogens is 258 g/mol. The molecule has 0 amide bonds. The van der Waals surface area contributed by atoms with Crippen molar-refractivity contribution in [3.05, 3.63) is 0 Å². The fraction of sp³-hybridized carbons (Fsp3) is 1.00. The van der Waals surface area contributed by atoms with Gasteiger partial charge in [0.2, 0.25) is 0 Å². The lowest BCUT2D eigenvalue weighted by atomic mass is 9.72. The predicted octanol–water partition coefficient (Wildman–Crippen LogP) is 2.95. The van der Waals surface area contributed by atoms with Crippen LogP contribution in [0.1, 0.15) is 58.8 Å². The van der Waals surface area contributed by atoms with Gasteiger partial charge in [0.25, 0.3) is 0 Å². The Morgan fingerprint density at radius 1 is 1.24 bits per heavy atom. The minimum atomic E-state index is 0.275. The van der Waals surface area contributed by atoms with Crippen molar-refractivity contribution in [2.24, 2.45) is 17.6 Å². The third-order valence-corrected chi connectivity index (χ3v) is 5.87. The van der Waals surface area contributed by atoms with Gasteiger partial charge < -0.3 is 10.6 Å². The zero-order valence-corrected chi connectivity index (χ0v) is 14.6. The van der Waals surface area contributed by atoms with Crippen molar-refractivity contribution in [1.29, 1.82) is 0 Å². The van der Waals surface area contributed by atoms with E-state index in [2.05, 4.69) is 30.7 Å². The first-order valence-corrected chi connectivity index (χ1v) is 9.19. The van der Waals surface area contributed by atoms with Crippen molar-refractivity contribution in [2.45, 2.75) is 64.3 Å². The molecule has 1 aliphatic carbocycles. The van der Waals surface area contributed by atoms with E-state index in [0.717, 1.165) is 18.4 Å². The highest BCUT2D eigenvalue weighted by molar-refractivity contribution is 4.96. The number of nitrogens with two attached hydrogens (primary N) is 1. The molecule has 1 saturated carbocycles. The van der Waals surface area contributed by atoms with E-state index < -0.39 is 0 Å². The maximum absolute atomic E-state index is 6.26. The van der Waals surface area contributed by atoms with Crippen molar-refractivity contribution in [3.8, 4) is 0 Å². The van der Waals surface area contributed by atoms with Gasteiger partial charge in [0.05, 0.1) is 0 Å². The molecule has 21 heavy (non-hydrogen) atoms. The van der Waals surface area contributed by atoms with Gasteiger partial charge >= 0.3 is 0 Å². The number of likely N-dealkylation sites (tertiary alicyclic amines) is 1. The Balaban J connectivity index is 1.88.